The summed E-state index contributed by atoms with van der Waals surface area (Å²) in [4.78, 5) is 72.8. The van der Waals surface area contributed by atoms with Crippen LogP contribution in [0.3, 0.4) is 0 Å². The fraction of sp³-hybridized carbons (Fsp3) is 0.947. The molecule has 564 valence electrons. The Balaban J connectivity index is 5.23. The summed E-state index contributed by atoms with van der Waals surface area (Å²) in [6, 6.07) is 0. The molecule has 95 heavy (non-hydrogen) atoms. The molecule has 0 aliphatic rings. The zero-order valence-corrected chi connectivity index (χ0v) is 63.8. The quantitative estimate of drug-likeness (QED) is 0.0222. The highest BCUT2D eigenvalue weighted by Gasteiger charge is 2.30. The topological polar surface area (TPSA) is 237 Å². The van der Waals surface area contributed by atoms with Crippen LogP contribution in [0.15, 0.2) is 0 Å². The summed E-state index contributed by atoms with van der Waals surface area (Å²) in [5.41, 5.74) is 0. The van der Waals surface area contributed by atoms with Crippen molar-refractivity contribution in [3.8, 4) is 0 Å². The van der Waals surface area contributed by atoms with Crippen LogP contribution in [0.5, 0.6) is 0 Å². The highest BCUT2D eigenvalue weighted by Crippen LogP contribution is 2.45. The van der Waals surface area contributed by atoms with Gasteiger partial charge in [-0.05, 0) is 37.5 Å². The number of rotatable bonds is 75. The molecule has 3 N–H and O–H groups in total. The molecule has 17 nitrogen and oxygen atoms in total. The van der Waals surface area contributed by atoms with Crippen LogP contribution in [0.4, 0.5) is 0 Å². The molecule has 2 unspecified atom stereocenters. The molecule has 0 rings (SSSR count). The number of aliphatic hydroxyl groups is 1. The first kappa shape index (κ1) is 93.1. The van der Waals surface area contributed by atoms with Crippen LogP contribution in [0, 0.1) is 11.8 Å². The number of esters is 4. The molecule has 5 atom stereocenters. The van der Waals surface area contributed by atoms with Crippen LogP contribution in [-0.4, -0.2) is 96.7 Å². The summed E-state index contributed by atoms with van der Waals surface area (Å²) in [6.07, 6.45) is 55.5. The number of aliphatic hydroxyl groups excluding tert-OH is 1. The first-order chi connectivity index (χ1) is 45.9. The number of carbonyl (C=O) groups is 4. The lowest BCUT2D eigenvalue weighted by molar-refractivity contribution is -0.161. The third-order valence-corrected chi connectivity index (χ3v) is 19.6. The van der Waals surface area contributed by atoms with Gasteiger partial charge in [-0.15, -0.1) is 0 Å². The minimum absolute atomic E-state index is 0.106. The lowest BCUT2D eigenvalue weighted by atomic mass is 10.0. The van der Waals surface area contributed by atoms with Crippen molar-refractivity contribution >= 4 is 39.5 Å². The summed E-state index contributed by atoms with van der Waals surface area (Å²) in [7, 11) is -9.91. The summed E-state index contributed by atoms with van der Waals surface area (Å²) in [5, 5.41) is 10.6. The molecule has 0 aliphatic carbocycles. The molecule has 0 aromatic heterocycles. The van der Waals surface area contributed by atoms with Crippen molar-refractivity contribution in [2.45, 2.75) is 413 Å². The van der Waals surface area contributed by atoms with Gasteiger partial charge < -0.3 is 33.8 Å². The Morgan fingerprint density at radius 3 is 0.716 bits per heavy atom. The van der Waals surface area contributed by atoms with E-state index in [9.17, 15) is 43.2 Å². The highest BCUT2D eigenvalue weighted by atomic mass is 31.2. The van der Waals surface area contributed by atoms with Crippen molar-refractivity contribution in [1.82, 2.24) is 0 Å². The van der Waals surface area contributed by atoms with E-state index in [0.29, 0.717) is 25.7 Å². The van der Waals surface area contributed by atoms with Gasteiger partial charge in [0.1, 0.15) is 19.3 Å². The molecular weight excluding hydrogens is 1250 g/mol. The van der Waals surface area contributed by atoms with Crippen molar-refractivity contribution in [3.63, 3.8) is 0 Å². The van der Waals surface area contributed by atoms with Crippen LogP contribution in [0.1, 0.15) is 395 Å². The number of carbonyl (C=O) groups excluding carboxylic acids is 4. The molecule has 0 amide bonds. The normalized spacial score (nSPS) is 14.0. The van der Waals surface area contributed by atoms with Gasteiger partial charge in [-0.2, -0.15) is 0 Å². The van der Waals surface area contributed by atoms with E-state index >= 15 is 0 Å². The molecule has 0 saturated heterocycles. The van der Waals surface area contributed by atoms with Crippen molar-refractivity contribution in [1.29, 1.82) is 0 Å². The van der Waals surface area contributed by atoms with Gasteiger partial charge in [-0.1, -0.05) is 343 Å². The number of phosphoric ester groups is 2. The Hall–Kier alpha value is -1.94. The Morgan fingerprint density at radius 1 is 0.284 bits per heavy atom. The fourth-order valence-corrected chi connectivity index (χ4v) is 13.2. The second-order valence-corrected chi connectivity index (χ2v) is 31.3. The van der Waals surface area contributed by atoms with Crippen LogP contribution in [0.2, 0.25) is 0 Å². The molecular formula is C76H148O17P2. The SMILES string of the molecule is CCCCCCCCCCCCCCCCCCCCCC(=O)O[C@H](COC(=O)CCCCCCCCCCCCC(C)C)COP(=O)(O)OC[C@@H](O)COP(=O)(O)OC[C@@H](COC(=O)CCCCCCCCCCCCC)OC(=O)CCCCCCCCCCCC(C)C. The maximum atomic E-state index is 13.1. The van der Waals surface area contributed by atoms with Gasteiger partial charge in [0.25, 0.3) is 0 Å². The van der Waals surface area contributed by atoms with Crippen LogP contribution in [-0.2, 0) is 65.4 Å². The summed E-state index contributed by atoms with van der Waals surface area (Å²) >= 11 is 0. The molecule has 0 aliphatic heterocycles. The summed E-state index contributed by atoms with van der Waals surface area (Å²) in [5.74, 6) is -0.621. The Bertz CT molecular complexity index is 1840. The standard InChI is InChI=1S/C76H148O17P2/c1-7-9-11-13-15-17-19-20-21-22-23-24-25-26-28-36-42-48-54-60-75(80)92-71(64-87-74(79)59-53-47-41-35-30-29-32-38-44-50-56-68(3)4)66-90-94(82,83)88-62-70(77)63-89-95(84,85)91-67-72(65-86-73(78)58-52-46-40-34-27-18-16-14-12-10-8-2)93-76(81)61-55-49-43-37-31-33-39-45-51-57-69(5)6/h68-72,77H,7-67H2,1-6H3,(H,82,83)(H,84,85)/t70-,71-,72-/m1/s1. The van der Waals surface area contributed by atoms with Gasteiger partial charge in [0.15, 0.2) is 12.2 Å². The van der Waals surface area contributed by atoms with E-state index < -0.39 is 97.5 Å². The Labute approximate surface area is 581 Å². The van der Waals surface area contributed by atoms with Gasteiger partial charge in [-0.25, -0.2) is 9.13 Å². The van der Waals surface area contributed by atoms with E-state index in [2.05, 4.69) is 41.5 Å². The van der Waals surface area contributed by atoms with Gasteiger partial charge in [-0.3, -0.25) is 37.3 Å². The fourth-order valence-electron chi connectivity index (χ4n) is 11.7. The zero-order valence-electron chi connectivity index (χ0n) is 62.0. The van der Waals surface area contributed by atoms with E-state index in [1.807, 2.05) is 0 Å². The molecule has 0 aromatic carbocycles. The van der Waals surface area contributed by atoms with Gasteiger partial charge >= 0.3 is 39.5 Å². The molecule has 0 bridgehead atoms. The lowest BCUT2D eigenvalue weighted by Gasteiger charge is -2.21. The van der Waals surface area contributed by atoms with Crippen molar-refractivity contribution in [2.24, 2.45) is 11.8 Å². The number of unbranched alkanes of at least 4 members (excludes halogenated alkanes) is 45. The average Bonchev–Trinajstić information content (AvgIpc) is 1.47. The second kappa shape index (κ2) is 67.9. The molecule has 0 aromatic rings. The first-order valence-corrected chi connectivity index (χ1v) is 42.5. The van der Waals surface area contributed by atoms with E-state index in [-0.39, 0.29) is 25.7 Å². The summed E-state index contributed by atoms with van der Waals surface area (Å²) in [6.45, 7) is 9.56. The summed E-state index contributed by atoms with van der Waals surface area (Å²) < 4.78 is 68.5. The third kappa shape index (κ3) is 70.3. The molecule has 0 fully saturated rings. The lowest BCUT2D eigenvalue weighted by Crippen LogP contribution is -2.30. The predicted octanol–water partition coefficient (Wildman–Crippen LogP) is 22.3. The van der Waals surface area contributed by atoms with Crippen LogP contribution >= 0.6 is 15.6 Å². The largest absolute Gasteiger partial charge is 0.472 e. The molecule has 0 radical (unpaired) electrons. The molecule has 0 heterocycles. The molecule has 0 saturated carbocycles. The highest BCUT2D eigenvalue weighted by molar-refractivity contribution is 7.47. The number of phosphoric acid groups is 2. The number of ether oxygens (including phenoxy) is 4. The van der Waals surface area contributed by atoms with Gasteiger partial charge in [0.2, 0.25) is 0 Å². The Morgan fingerprint density at radius 2 is 0.484 bits per heavy atom. The van der Waals surface area contributed by atoms with Crippen LogP contribution in [0.25, 0.3) is 0 Å². The van der Waals surface area contributed by atoms with Crippen molar-refractivity contribution in [2.75, 3.05) is 39.6 Å². The third-order valence-electron chi connectivity index (χ3n) is 17.7. The minimum atomic E-state index is -4.96. The van der Waals surface area contributed by atoms with E-state index in [0.717, 1.165) is 102 Å². The van der Waals surface area contributed by atoms with E-state index in [1.54, 1.807) is 0 Å². The van der Waals surface area contributed by atoms with E-state index in [4.69, 9.17) is 37.0 Å². The number of hydrogen-bond donors (Lipinski definition) is 3. The van der Waals surface area contributed by atoms with Crippen molar-refractivity contribution < 1.29 is 80.2 Å². The molecule has 0 spiro atoms. The average molecular weight is 1400 g/mol. The maximum absolute atomic E-state index is 13.1. The smallest absolute Gasteiger partial charge is 0.462 e. The van der Waals surface area contributed by atoms with E-state index in [1.165, 1.54) is 212 Å². The first-order valence-electron chi connectivity index (χ1n) is 39.5. The zero-order chi connectivity index (χ0) is 70.0. The monoisotopic (exact) mass is 1400 g/mol. The van der Waals surface area contributed by atoms with Crippen LogP contribution < -0.4 is 0 Å². The Kier molecular flexibility index (Phi) is 66.5. The van der Waals surface area contributed by atoms with Crippen molar-refractivity contribution in [3.05, 3.63) is 0 Å². The molecule has 19 heteroatoms. The van der Waals surface area contributed by atoms with Gasteiger partial charge in [0.05, 0.1) is 26.4 Å². The predicted molar refractivity (Wildman–Crippen MR) is 386 cm³/mol. The minimum Gasteiger partial charge on any atom is -0.462 e. The maximum Gasteiger partial charge on any atom is 0.472 e. The van der Waals surface area contributed by atoms with Gasteiger partial charge in [0, 0.05) is 25.7 Å². The number of hydrogen-bond acceptors (Lipinski definition) is 15. The second-order valence-electron chi connectivity index (χ2n) is 28.3.